The highest BCUT2D eigenvalue weighted by atomic mass is 32.2. The largest absolute Gasteiger partial charge is 0.491 e. The second kappa shape index (κ2) is 9.66. The summed E-state index contributed by atoms with van der Waals surface area (Å²) in [5.74, 6) is 0.439. The number of ether oxygens (including phenoxy) is 1. The van der Waals surface area contributed by atoms with E-state index < -0.39 is 10.0 Å². The smallest absolute Gasteiger partial charge is 0.264 e. The van der Waals surface area contributed by atoms with E-state index in [1.807, 2.05) is 38.1 Å². The average molecular weight is 439 g/mol. The van der Waals surface area contributed by atoms with E-state index in [0.717, 1.165) is 11.3 Å². The minimum atomic E-state index is -3.72. The molecule has 0 spiro atoms. The molecular formula is C24H26N2O4S. The summed E-state index contributed by atoms with van der Waals surface area (Å²) >= 11 is 0. The highest BCUT2D eigenvalue weighted by Gasteiger charge is 2.22. The van der Waals surface area contributed by atoms with Crippen LogP contribution in [0, 0.1) is 6.92 Å². The summed E-state index contributed by atoms with van der Waals surface area (Å²) in [6.45, 7) is 4.17. The monoisotopic (exact) mass is 438 g/mol. The number of hydrogen-bond acceptors (Lipinski definition) is 4. The van der Waals surface area contributed by atoms with Gasteiger partial charge in [0.2, 0.25) is 0 Å². The Morgan fingerprint density at radius 3 is 2.35 bits per heavy atom. The lowest BCUT2D eigenvalue weighted by Crippen LogP contribution is -2.37. The quantitative estimate of drug-likeness (QED) is 0.576. The topological polar surface area (TPSA) is 75.7 Å². The molecule has 0 aliphatic heterocycles. The minimum absolute atomic E-state index is 0.189. The van der Waals surface area contributed by atoms with Gasteiger partial charge < -0.3 is 10.1 Å². The van der Waals surface area contributed by atoms with Crippen LogP contribution in [0.5, 0.6) is 5.75 Å². The molecule has 6 nitrogen and oxygen atoms in total. The van der Waals surface area contributed by atoms with E-state index in [-0.39, 0.29) is 16.8 Å². The van der Waals surface area contributed by atoms with Gasteiger partial charge in [0.15, 0.2) is 0 Å². The number of sulfonamides is 1. The molecular weight excluding hydrogens is 412 g/mol. The molecule has 0 aliphatic rings. The Hall–Kier alpha value is -3.32. The first-order chi connectivity index (χ1) is 14.8. The van der Waals surface area contributed by atoms with Crippen molar-refractivity contribution in [3.63, 3.8) is 0 Å². The van der Waals surface area contributed by atoms with Crippen LogP contribution in [0.4, 0.5) is 5.69 Å². The van der Waals surface area contributed by atoms with Gasteiger partial charge in [-0.2, -0.15) is 0 Å². The van der Waals surface area contributed by atoms with Crippen LogP contribution in [0.2, 0.25) is 0 Å². The predicted molar refractivity (Wildman–Crippen MR) is 122 cm³/mol. The Morgan fingerprint density at radius 1 is 1.00 bits per heavy atom. The highest BCUT2D eigenvalue weighted by Crippen LogP contribution is 2.23. The van der Waals surface area contributed by atoms with E-state index >= 15 is 0 Å². The number of anilines is 1. The lowest BCUT2D eigenvalue weighted by atomic mass is 10.2. The molecule has 0 radical (unpaired) electrons. The van der Waals surface area contributed by atoms with Crippen molar-refractivity contribution in [2.45, 2.75) is 24.8 Å². The van der Waals surface area contributed by atoms with Gasteiger partial charge in [0.25, 0.3) is 15.9 Å². The second-order valence-electron chi connectivity index (χ2n) is 7.33. The van der Waals surface area contributed by atoms with Gasteiger partial charge >= 0.3 is 0 Å². The van der Waals surface area contributed by atoms with Crippen molar-refractivity contribution in [2.24, 2.45) is 0 Å². The number of rotatable bonds is 8. The second-order valence-corrected chi connectivity index (χ2v) is 9.30. The lowest BCUT2D eigenvalue weighted by Gasteiger charge is -2.20. The number of nitrogens with one attached hydrogen (secondary N) is 1. The van der Waals surface area contributed by atoms with Crippen LogP contribution in [0.3, 0.4) is 0 Å². The van der Waals surface area contributed by atoms with Crippen molar-refractivity contribution in [2.75, 3.05) is 18.0 Å². The number of nitrogens with zero attached hydrogens (tertiary/aromatic N) is 1. The Kier molecular flexibility index (Phi) is 6.97. The summed E-state index contributed by atoms with van der Waals surface area (Å²) < 4.78 is 32.6. The van der Waals surface area contributed by atoms with Crippen LogP contribution in [0.15, 0.2) is 83.8 Å². The first kappa shape index (κ1) is 22.4. The molecule has 1 unspecified atom stereocenters. The molecule has 1 atom stereocenters. The number of benzene rings is 3. The molecule has 7 heteroatoms. The zero-order valence-corrected chi connectivity index (χ0v) is 18.6. The van der Waals surface area contributed by atoms with Gasteiger partial charge in [0.05, 0.1) is 16.6 Å². The molecule has 3 aromatic carbocycles. The van der Waals surface area contributed by atoms with Gasteiger partial charge in [-0.25, -0.2) is 8.42 Å². The maximum atomic E-state index is 12.8. The van der Waals surface area contributed by atoms with Gasteiger partial charge in [-0.3, -0.25) is 9.10 Å². The molecule has 0 saturated carbocycles. The molecule has 0 saturated heterocycles. The number of carbonyl (C=O) groups excluding carboxylic acids is 1. The van der Waals surface area contributed by atoms with Crippen LogP contribution >= 0.6 is 0 Å². The van der Waals surface area contributed by atoms with E-state index in [0.29, 0.717) is 17.9 Å². The summed E-state index contributed by atoms with van der Waals surface area (Å²) in [5, 5.41) is 2.88. The Morgan fingerprint density at radius 2 is 1.68 bits per heavy atom. The zero-order chi connectivity index (χ0) is 22.4. The summed E-state index contributed by atoms with van der Waals surface area (Å²) in [7, 11) is -2.25. The molecule has 0 fully saturated rings. The normalized spacial score (nSPS) is 12.1. The summed E-state index contributed by atoms with van der Waals surface area (Å²) in [4.78, 5) is 12.9. The maximum Gasteiger partial charge on any atom is 0.264 e. The van der Waals surface area contributed by atoms with Gasteiger partial charge in [0, 0.05) is 12.6 Å². The standard InChI is InChI=1S/C24H26N2O4S/c1-18-12-14-22(15-13-18)30-17-19(2)25-24(27)20-8-7-9-21(16-20)26(3)31(28,29)23-10-5-4-6-11-23/h4-16,19H,17H2,1-3H3,(H,25,27). The van der Waals surface area contributed by atoms with E-state index in [9.17, 15) is 13.2 Å². The third-order valence-electron chi connectivity index (χ3n) is 4.77. The van der Waals surface area contributed by atoms with Gasteiger partial charge in [0.1, 0.15) is 12.4 Å². The van der Waals surface area contributed by atoms with Gasteiger partial charge in [-0.15, -0.1) is 0 Å². The Bertz CT molecular complexity index is 1130. The first-order valence-electron chi connectivity index (χ1n) is 9.92. The van der Waals surface area contributed by atoms with Gasteiger partial charge in [-0.1, -0.05) is 42.0 Å². The highest BCUT2D eigenvalue weighted by molar-refractivity contribution is 7.92. The van der Waals surface area contributed by atoms with E-state index in [2.05, 4.69) is 5.32 Å². The summed E-state index contributed by atoms with van der Waals surface area (Å²) in [5.41, 5.74) is 1.92. The van der Waals surface area contributed by atoms with E-state index in [1.54, 1.807) is 42.5 Å². The molecule has 0 bridgehead atoms. The number of aryl methyl sites for hydroxylation is 1. The molecule has 1 amide bonds. The van der Waals surface area contributed by atoms with Crippen molar-refractivity contribution in [1.29, 1.82) is 0 Å². The fraction of sp³-hybridized carbons (Fsp3) is 0.208. The molecule has 162 valence electrons. The van der Waals surface area contributed by atoms with Crippen LogP contribution in [-0.4, -0.2) is 34.0 Å². The van der Waals surface area contributed by atoms with Crippen molar-refractivity contribution in [3.05, 3.63) is 90.0 Å². The SMILES string of the molecule is Cc1ccc(OCC(C)NC(=O)c2cccc(N(C)S(=O)(=O)c3ccccc3)c2)cc1. The van der Waals surface area contributed by atoms with E-state index in [4.69, 9.17) is 4.74 Å². The van der Waals surface area contributed by atoms with E-state index in [1.165, 1.54) is 23.5 Å². The maximum absolute atomic E-state index is 12.8. The lowest BCUT2D eigenvalue weighted by molar-refractivity contribution is 0.0926. The zero-order valence-electron chi connectivity index (χ0n) is 17.8. The molecule has 3 rings (SSSR count). The Labute approximate surface area is 183 Å². The number of hydrogen-bond donors (Lipinski definition) is 1. The van der Waals surface area contributed by atoms with Crippen molar-refractivity contribution in [1.82, 2.24) is 5.32 Å². The molecule has 31 heavy (non-hydrogen) atoms. The van der Waals surface area contributed by atoms with Crippen molar-refractivity contribution < 1.29 is 17.9 Å². The fourth-order valence-electron chi connectivity index (χ4n) is 2.94. The van der Waals surface area contributed by atoms with Gasteiger partial charge in [-0.05, 0) is 56.3 Å². The fourth-order valence-corrected chi connectivity index (χ4v) is 4.15. The minimum Gasteiger partial charge on any atom is -0.491 e. The molecule has 0 aromatic heterocycles. The molecule has 1 N–H and O–H groups in total. The predicted octanol–water partition coefficient (Wildman–Crippen LogP) is 4.02. The van der Waals surface area contributed by atoms with Crippen molar-refractivity contribution >= 4 is 21.6 Å². The van der Waals surface area contributed by atoms with Crippen LogP contribution in [-0.2, 0) is 10.0 Å². The van der Waals surface area contributed by atoms with Crippen LogP contribution < -0.4 is 14.4 Å². The van der Waals surface area contributed by atoms with Crippen LogP contribution in [0.1, 0.15) is 22.8 Å². The first-order valence-corrected chi connectivity index (χ1v) is 11.4. The van der Waals surface area contributed by atoms with Crippen molar-refractivity contribution in [3.8, 4) is 5.75 Å². The summed E-state index contributed by atoms with van der Waals surface area (Å²) in [6, 6.07) is 22.2. The third kappa shape index (κ3) is 5.64. The molecule has 3 aromatic rings. The third-order valence-corrected chi connectivity index (χ3v) is 6.57. The molecule has 0 aliphatic carbocycles. The molecule has 0 heterocycles. The Balaban J connectivity index is 1.66. The van der Waals surface area contributed by atoms with Crippen LogP contribution in [0.25, 0.3) is 0 Å². The number of carbonyl (C=O) groups is 1. The number of amides is 1. The summed E-state index contributed by atoms with van der Waals surface area (Å²) in [6.07, 6.45) is 0. The average Bonchev–Trinajstić information content (AvgIpc) is 2.78.